The lowest BCUT2D eigenvalue weighted by Gasteiger charge is -2.31. The number of nitro groups is 1. The number of anilines is 1. The smallest absolute Gasteiger partial charge is 0.271 e. The van der Waals surface area contributed by atoms with E-state index in [1.165, 1.54) is 24.1 Å². The van der Waals surface area contributed by atoms with E-state index in [9.17, 15) is 28.1 Å². The Hall–Kier alpha value is -2.99. The van der Waals surface area contributed by atoms with Gasteiger partial charge in [-0.25, -0.2) is 8.42 Å². The summed E-state index contributed by atoms with van der Waals surface area (Å²) in [6.07, 6.45) is 0.916. The van der Waals surface area contributed by atoms with Crippen LogP contribution in [0.25, 0.3) is 0 Å². The van der Waals surface area contributed by atoms with E-state index in [1.807, 2.05) is 0 Å². The van der Waals surface area contributed by atoms with E-state index in [0.29, 0.717) is 5.56 Å². The first kappa shape index (κ1) is 26.3. The fourth-order valence-electron chi connectivity index (χ4n) is 3.15. The molecule has 12 heteroatoms. The van der Waals surface area contributed by atoms with Gasteiger partial charge in [-0.2, -0.15) is 0 Å². The number of halogens is 1. The minimum atomic E-state index is -3.99. The summed E-state index contributed by atoms with van der Waals surface area (Å²) in [6, 6.07) is 10.0. The quantitative estimate of drug-likeness (QED) is 0.384. The molecule has 0 bridgehead atoms. The molecule has 10 nitrogen and oxygen atoms in total. The van der Waals surface area contributed by atoms with Crippen LogP contribution in [0, 0.1) is 17.0 Å². The van der Waals surface area contributed by atoms with Crippen molar-refractivity contribution in [3.63, 3.8) is 0 Å². The first-order valence-corrected chi connectivity index (χ1v) is 12.5. The van der Waals surface area contributed by atoms with E-state index >= 15 is 0 Å². The Bertz CT molecular complexity index is 1150. The van der Waals surface area contributed by atoms with Crippen molar-refractivity contribution in [2.24, 2.45) is 0 Å². The predicted octanol–water partition coefficient (Wildman–Crippen LogP) is 2.60. The first-order valence-electron chi connectivity index (χ1n) is 9.83. The van der Waals surface area contributed by atoms with E-state index in [-0.39, 0.29) is 17.9 Å². The number of hydrogen-bond acceptors (Lipinski definition) is 6. The molecule has 1 atom stereocenters. The summed E-state index contributed by atoms with van der Waals surface area (Å²) in [5.41, 5.74) is 0.899. The number of carbonyl (C=O) groups is 2. The summed E-state index contributed by atoms with van der Waals surface area (Å²) < 4.78 is 26.8. The van der Waals surface area contributed by atoms with Crippen LogP contribution in [0.15, 0.2) is 46.9 Å². The van der Waals surface area contributed by atoms with Crippen molar-refractivity contribution in [2.45, 2.75) is 26.4 Å². The molecule has 2 amide bonds. The average molecular weight is 541 g/mol. The second kappa shape index (κ2) is 10.8. The van der Waals surface area contributed by atoms with Crippen molar-refractivity contribution in [3.05, 3.63) is 68.2 Å². The Balaban J connectivity index is 2.46. The highest BCUT2D eigenvalue weighted by Gasteiger charge is 2.30. The Labute approximate surface area is 200 Å². The molecule has 0 saturated heterocycles. The third-order valence-corrected chi connectivity index (χ3v) is 6.69. The zero-order valence-corrected chi connectivity index (χ0v) is 21.0. The van der Waals surface area contributed by atoms with Crippen LogP contribution >= 0.6 is 15.9 Å². The highest BCUT2D eigenvalue weighted by atomic mass is 79.9. The number of non-ortho nitro benzene ring substituents is 1. The number of nitro benzene ring substituents is 1. The van der Waals surface area contributed by atoms with Gasteiger partial charge in [-0.15, -0.1) is 0 Å². The molecule has 178 valence electrons. The van der Waals surface area contributed by atoms with E-state index in [0.717, 1.165) is 26.7 Å². The topological polar surface area (TPSA) is 130 Å². The predicted molar refractivity (Wildman–Crippen MR) is 128 cm³/mol. The van der Waals surface area contributed by atoms with Gasteiger partial charge < -0.3 is 10.2 Å². The number of benzene rings is 2. The molecular weight excluding hydrogens is 516 g/mol. The number of nitrogens with one attached hydrogen (secondary N) is 1. The minimum absolute atomic E-state index is 0.0243. The highest BCUT2D eigenvalue weighted by Crippen LogP contribution is 2.28. The Morgan fingerprint density at radius 2 is 1.79 bits per heavy atom. The number of hydrogen-bond donors (Lipinski definition) is 1. The van der Waals surface area contributed by atoms with Crippen molar-refractivity contribution in [3.8, 4) is 0 Å². The van der Waals surface area contributed by atoms with Crippen LogP contribution in [-0.2, 0) is 26.2 Å². The number of aryl methyl sites for hydroxylation is 1. The number of likely N-dealkylation sites (N-methyl/N-ethyl adjacent to an activating group) is 1. The maximum absolute atomic E-state index is 13.3. The van der Waals surface area contributed by atoms with Crippen LogP contribution in [0.2, 0.25) is 0 Å². The average Bonchev–Trinajstić information content (AvgIpc) is 2.75. The Morgan fingerprint density at radius 3 is 2.30 bits per heavy atom. The van der Waals surface area contributed by atoms with Crippen LogP contribution in [0.5, 0.6) is 0 Å². The molecule has 1 N–H and O–H groups in total. The lowest BCUT2D eigenvalue weighted by atomic mass is 10.1. The number of sulfonamides is 1. The zero-order chi connectivity index (χ0) is 24.9. The second-order valence-electron chi connectivity index (χ2n) is 7.44. The SMILES string of the molecule is CNC(=O)[C@H](C)N(Cc1ccc(Br)cc1)C(=O)CN(c1cc([N+](=O)[O-])ccc1C)S(C)(=O)=O. The van der Waals surface area contributed by atoms with Gasteiger partial charge in [-0.3, -0.25) is 24.0 Å². The Kier molecular flexibility index (Phi) is 8.56. The van der Waals surface area contributed by atoms with Crippen molar-refractivity contribution in [1.82, 2.24) is 10.2 Å². The zero-order valence-electron chi connectivity index (χ0n) is 18.6. The summed E-state index contributed by atoms with van der Waals surface area (Å²) in [7, 11) is -2.54. The maximum Gasteiger partial charge on any atom is 0.271 e. The van der Waals surface area contributed by atoms with Crippen LogP contribution in [-0.4, -0.2) is 55.9 Å². The van der Waals surface area contributed by atoms with Crippen molar-refractivity contribution < 1.29 is 22.9 Å². The number of carbonyl (C=O) groups excluding carboxylic acids is 2. The minimum Gasteiger partial charge on any atom is -0.357 e. The molecule has 0 unspecified atom stereocenters. The molecule has 0 aliphatic heterocycles. The van der Waals surface area contributed by atoms with E-state index < -0.39 is 39.3 Å². The molecule has 2 aromatic rings. The van der Waals surface area contributed by atoms with Gasteiger partial charge in [0.1, 0.15) is 12.6 Å². The number of nitrogens with zero attached hydrogens (tertiary/aromatic N) is 3. The van der Waals surface area contributed by atoms with Crippen molar-refractivity contribution in [2.75, 3.05) is 24.2 Å². The molecule has 0 saturated carbocycles. The highest BCUT2D eigenvalue weighted by molar-refractivity contribution is 9.10. The lowest BCUT2D eigenvalue weighted by Crippen LogP contribution is -2.50. The molecule has 0 aromatic heterocycles. The van der Waals surface area contributed by atoms with Crippen LogP contribution in [0.1, 0.15) is 18.1 Å². The van der Waals surface area contributed by atoms with Crippen LogP contribution in [0.3, 0.4) is 0 Å². The summed E-state index contributed by atoms with van der Waals surface area (Å²) in [6.45, 7) is 2.57. The van der Waals surface area contributed by atoms with Crippen LogP contribution < -0.4 is 9.62 Å². The van der Waals surface area contributed by atoms with E-state index in [4.69, 9.17) is 0 Å². The maximum atomic E-state index is 13.3. The number of rotatable bonds is 9. The normalized spacial score (nSPS) is 12.0. The van der Waals surface area contributed by atoms with Gasteiger partial charge in [0.15, 0.2) is 0 Å². The lowest BCUT2D eigenvalue weighted by molar-refractivity contribution is -0.384. The molecule has 0 spiro atoms. The van der Waals surface area contributed by atoms with Gasteiger partial charge in [0.25, 0.3) is 5.69 Å². The number of amides is 2. The first-order chi connectivity index (χ1) is 15.3. The third kappa shape index (κ3) is 6.75. The molecule has 2 aromatic carbocycles. The monoisotopic (exact) mass is 540 g/mol. The van der Waals surface area contributed by atoms with Crippen molar-refractivity contribution in [1.29, 1.82) is 0 Å². The molecule has 2 rings (SSSR count). The molecule has 0 fully saturated rings. The van der Waals surface area contributed by atoms with Gasteiger partial charge in [-0.05, 0) is 37.1 Å². The standard InChI is InChI=1S/C21H25BrN4O6S/c1-14-5-10-18(26(29)30)11-19(14)25(33(4,31)32)13-20(27)24(15(2)21(28)23-3)12-16-6-8-17(22)9-7-16/h5-11,15H,12-13H2,1-4H3,(H,23,28)/t15-/m0/s1. The van der Waals surface area contributed by atoms with E-state index in [2.05, 4.69) is 21.2 Å². The Morgan fingerprint density at radius 1 is 1.18 bits per heavy atom. The summed E-state index contributed by atoms with van der Waals surface area (Å²) in [4.78, 5) is 37.5. The third-order valence-electron chi connectivity index (χ3n) is 5.03. The van der Waals surface area contributed by atoms with Gasteiger partial charge in [0.2, 0.25) is 21.8 Å². The molecule has 0 radical (unpaired) electrons. The van der Waals surface area contributed by atoms with Gasteiger partial charge >= 0.3 is 0 Å². The molecule has 0 heterocycles. The summed E-state index contributed by atoms with van der Waals surface area (Å²) >= 11 is 3.34. The molecular formula is C21H25BrN4O6S. The van der Waals surface area contributed by atoms with Gasteiger partial charge in [-0.1, -0.05) is 34.1 Å². The van der Waals surface area contributed by atoms with Crippen LogP contribution in [0.4, 0.5) is 11.4 Å². The van der Waals surface area contributed by atoms with E-state index in [1.54, 1.807) is 38.1 Å². The fraction of sp³-hybridized carbons (Fsp3) is 0.333. The molecule has 0 aliphatic carbocycles. The summed E-state index contributed by atoms with van der Waals surface area (Å²) in [5.74, 6) is -1.05. The van der Waals surface area contributed by atoms with Gasteiger partial charge in [0, 0.05) is 30.2 Å². The van der Waals surface area contributed by atoms with Gasteiger partial charge in [0.05, 0.1) is 16.9 Å². The largest absolute Gasteiger partial charge is 0.357 e. The second-order valence-corrected chi connectivity index (χ2v) is 10.3. The van der Waals surface area contributed by atoms with Crippen molar-refractivity contribution >= 4 is 49.1 Å². The fourth-order valence-corrected chi connectivity index (χ4v) is 4.32. The molecule has 0 aliphatic rings. The summed E-state index contributed by atoms with van der Waals surface area (Å²) in [5, 5.41) is 13.7. The molecule has 33 heavy (non-hydrogen) atoms.